The number of hydrogen-bond donors (Lipinski definition) is 1. The zero-order chi connectivity index (χ0) is 15.4. The van der Waals surface area contributed by atoms with E-state index >= 15 is 0 Å². The van der Waals surface area contributed by atoms with E-state index in [9.17, 15) is 5.11 Å². The maximum absolute atomic E-state index is 11.1. The maximum Gasteiger partial charge on any atom is 0.0684 e. The fourth-order valence-corrected chi connectivity index (χ4v) is 5.90. The van der Waals surface area contributed by atoms with Crippen molar-refractivity contribution in [2.45, 2.75) is 78.7 Å². The second-order valence-corrected chi connectivity index (χ2v) is 9.20. The Hall–Kier alpha value is -0.300. The van der Waals surface area contributed by atoms with E-state index in [1.807, 2.05) is 0 Å². The highest BCUT2D eigenvalue weighted by Gasteiger charge is 2.51. The van der Waals surface area contributed by atoms with Gasteiger partial charge in [-0.3, -0.25) is 0 Å². The van der Waals surface area contributed by atoms with Crippen molar-refractivity contribution in [3.8, 4) is 0 Å². The summed E-state index contributed by atoms with van der Waals surface area (Å²) in [4.78, 5) is 0. The van der Waals surface area contributed by atoms with Gasteiger partial charge in [0.2, 0.25) is 0 Å². The summed E-state index contributed by atoms with van der Waals surface area (Å²) in [5, 5.41) is 11.1. The summed E-state index contributed by atoms with van der Waals surface area (Å²) >= 11 is 0. The number of rotatable bonds is 1. The van der Waals surface area contributed by atoms with Gasteiger partial charge in [0.15, 0.2) is 0 Å². The normalized spacial score (nSPS) is 52.8. The van der Waals surface area contributed by atoms with Gasteiger partial charge < -0.3 is 5.11 Å². The molecule has 0 amide bonds. The van der Waals surface area contributed by atoms with Gasteiger partial charge >= 0.3 is 0 Å². The monoisotopic (exact) mass is 290 g/mol. The molecule has 0 bridgehead atoms. The molecule has 0 saturated heterocycles. The highest BCUT2D eigenvalue weighted by Crippen LogP contribution is 2.58. The molecular weight excluding hydrogens is 256 g/mol. The lowest BCUT2D eigenvalue weighted by atomic mass is 9.64. The molecular formula is C20H34O. The van der Waals surface area contributed by atoms with Gasteiger partial charge in [-0.1, -0.05) is 45.8 Å². The van der Waals surface area contributed by atoms with Crippen molar-refractivity contribution in [3.63, 3.8) is 0 Å². The fourth-order valence-electron chi connectivity index (χ4n) is 5.90. The van der Waals surface area contributed by atoms with E-state index in [-0.39, 0.29) is 0 Å². The Kier molecular flexibility index (Phi) is 3.80. The van der Waals surface area contributed by atoms with Gasteiger partial charge in [-0.2, -0.15) is 0 Å². The molecule has 0 aromatic rings. The zero-order valence-electron chi connectivity index (χ0n) is 14.7. The Morgan fingerprint density at radius 2 is 1.90 bits per heavy atom. The van der Waals surface area contributed by atoms with Gasteiger partial charge in [-0.05, 0) is 74.0 Å². The molecule has 1 unspecified atom stereocenters. The largest absolute Gasteiger partial charge is 0.390 e. The van der Waals surface area contributed by atoms with E-state index in [0.29, 0.717) is 11.3 Å². The Bertz CT molecular complexity index is 433. The standard InChI is InChI=1S/C20H34O/c1-13(2)15-8-10-19(4)12-16-14(3)6-7-18(16)20(5,21)11-9-17(15)19/h9,13-16,18,21H,6-8,10-12H2,1-5H3/b17-9-/t14-,15-,16-,18-,19-,20?/m1/s1. The van der Waals surface area contributed by atoms with Crippen molar-refractivity contribution >= 4 is 0 Å². The molecule has 0 radical (unpaired) electrons. The van der Waals surface area contributed by atoms with Crippen LogP contribution in [0.3, 0.4) is 0 Å². The van der Waals surface area contributed by atoms with E-state index in [0.717, 1.165) is 30.1 Å². The molecule has 0 spiro atoms. The predicted molar refractivity (Wildman–Crippen MR) is 89.0 cm³/mol. The lowest BCUT2D eigenvalue weighted by molar-refractivity contribution is -0.0293. The minimum Gasteiger partial charge on any atom is -0.390 e. The van der Waals surface area contributed by atoms with Crippen molar-refractivity contribution in [2.75, 3.05) is 0 Å². The van der Waals surface area contributed by atoms with E-state index in [1.54, 1.807) is 5.57 Å². The van der Waals surface area contributed by atoms with Crippen LogP contribution in [0.4, 0.5) is 0 Å². The summed E-state index contributed by atoms with van der Waals surface area (Å²) in [7, 11) is 0. The van der Waals surface area contributed by atoms with Crippen LogP contribution in [0.15, 0.2) is 11.6 Å². The Morgan fingerprint density at radius 3 is 2.57 bits per heavy atom. The third-order valence-corrected chi connectivity index (χ3v) is 7.31. The quantitative estimate of drug-likeness (QED) is 0.659. The first-order valence-electron chi connectivity index (χ1n) is 9.17. The first-order chi connectivity index (χ1) is 9.74. The van der Waals surface area contributed by atoms with Gasteiger partial charge in [-0.15, -0.1) is 0 Å². The van der Waals surface area contributed by atoms with Gasteiger partial charge in [0.05, 0.1) is 5.60 Å². The topological polar surface area (TPSA) is 20.2 Å². The van der Waals surface area contributed by atoms with Crippen LogP contribution in [0.5, 0.6) is 0 Å². The maximum atomic E-state index is 11.1. The van der Waals surface area contributed by atoms with Gasteiger partial charge in [0, 0.05) is 0 Å². The third-order valence-electron chi connectivity index (χ3n) is 7.31. The van der Waals surface area contributed by atoms with Crippen LogP contribution in [0.1, 0.15) is 73.1 Å². The van der Waals surface area contributed by atoms with E-state index < -0.39 is 5.60 Å². The summed E-state index contributed by atoms with van der Waals surface area (Å²) in [5.41, 5.74) is 1.61. The van der Waals surface area contributed by atoms with Crippen LogP contribution in [0.2, 0.25) is 0 Å². The summed E-state index contributed by atoms with van der Waals surface area (Å²) in [6, 6.07) is 0. The average Bonchev–Trinajstić information content (AvgIpc) is 2.89. The van der Waals surface area contributed by atoms with Crippen LogP contribution in [-0.4, -0.2) is 10.7 Å². The van der Waals surface area contributed by atoms with Crippen LogP contribution in [0, 0.1) is 35.0 Å². The minimum atomic E-state index is -0.492. The summed E-state index contributed by atoms with van der Waals surface area (Å²) in [6.07, 6.45) is 9.89. The fraction of sp³-hybridized carbons (Fsp3) is 0.900. The molecule has 1 N–H and O–H groups in total. The molecule has 2 saturated carbocycles. The molecule has 3 aliphatic carbocycles. The molecule has 6 atom stereocenters. The molecule has 1 nitrogen and oxygen atoms in total. The lowest BCUT2D eigenvalue weighted by Gasteiger charge is -2.43. The first-order valence-corrected chi connectivity index (χ1v) is 9.17. The van der Waals surface area contributed by atoms with E-state index in [1.165, 1.54) is 32.1 Å². The molecule has 3 rings (SSSR count). The molecule has 3 aliphatic rings. The van der Waals surface area contributed by atoms with Crippen molar-refractivity contribution in [1.82, 2.24) is 0 Å². The SMILES string of the molecule is CC(C)[C@H]1CC[C@]2(C)C[C@@H]3[C@H](C)CC[C@H]3C(C)(O)C/C=C/12. The second-order valence-electron chi connectivity index (χ2n) is 9.20. The number of fused-ring (bicyclic) bond motifs is 2. The van der Waals surface area contributed by atoms with E-state index in [2.05, 4.69) is 40.7 Å². The lowest BCUT2D eigenvalue weighted by Crippen LogP contribution is -2.41. The summed E-state index contributed by atoms with van der Waals surface area (Å²) < 4.78 is 0. The second kappa shape index (κ2) is 5.11. The Balaban J connectivity index is 1.98. The van der Waals surface area contributed by atoms with Gasteiger partial charge in [-0.25, -0.2) is 0 Å². The van der Waals surface area contributed by atoms with Gasteiger partial charge in [0.25, 0.3) is 0 Å². The smallest absolute Gasteiger partial charge is 0.0684 e. The molecule has 1 heteroatoms. The number of allylic oxidation sites excluding steroid dienone is 1. The van der Waals surface area contributed by atoms with Crippen LogP contribution >= 0.6 is 0 Å². The molecule has 21 heavy (non-hydrogen) atoms. The van der Waals surface area contributed by atoms with Crippen molar-refractivity contribution in [3.05, 3.63) is 11.6 Å². The Morgan fingerprint density at radius 1 is 1.19 bits per heavy atom. The number of hydrogen-bond acceptors (Lipinski definition) is 1. The van der Waals surface area contributed by atoms with Crippen molar-refractivity contribution in [1.29, 1.82) is 0 Å². The number of aliphatic hydroxyl groups is 1. The zero-order valence-corrected chi connectivity index (χ0v) is 14.7. The van der Waals surface area contributed by atoms with Crippen LogP contribution < -0.4 is 0 Å². The molecule has 0 aliphatic heterocycles. The molecule has 0 aromatic heterocycles. The van der Waals surface area contributed by atoms with Gasteiger partial charge in [0.1, 0.15) is 0 Å². The minimum absolute atomic E-state index is 0.410. The molecule has 0 heterocycles. The van der Waals surface area contributed by atoms with Crippen LogP contribution in [0.25, 0.3) is 0 Å². The third kappa shape index (κ3) is 2.50. The van der Waals surface area contributed by atoms with Crippen molar-refractivity contribution in [2.24, 2.45) is 35.0 Å². The molecule has 120 valence electrons. The highest BCUT2D eigenvalue weighted by atomic mass is 16.3. The molecule has 2 fully saturated rings. The first kappa shape index (κ1) is 15.6. The highest BCUT2D eigenvalue weighted by molar-refractivity contribution is 5.25. The molecule has 0 aromatic carbocycles. The van der Waals surface area contributed by atoms with Crippen LogP contribution in [-0.2, 0) is 0 Å². The van der Waals surface area contributed by atoms with E-state index in [4.69, 9.17) is 0 Å². The van der Waals surface area contributed by atoms with Crippen molar-refractivity contribution < 1.29 is 5.11 Å². The summed E-state index contributed by atoms with van der Waals surface area (Å²) in [5.74, 6) is 3.51. The average molecular weight is 290 g/mol. The summed E-state index contributed by atoms with van der Waals surface area (Å²) in [6.45, 7) is 11.8. The Labute approximate surface area is 131 Å². The predicted octanol–water partition coefficient (Wildman–Crippen LogP) is 5.19.